The van der Waals surface area contributed by atoms with E-state index in [9.17, 15) is 4.79 Å². The van der Waals surface area contributed by atoms with Crippen molar-refractivity contribution in [2.75, 3.05) is 31.1 Å². The summed E-state index contributed by atoms with van der Waals surface area (Å²) >= 11 is 0. The average molecular weight is 365 g/mol. The predicted octanol–water partition coefficient (Wildman–Crippen LogP) is 2.65. The van der Waals surface area contributed by atoms with Crippen LogP contribution in [0.4, 0.5) is 5.82 Å². The van der Waals surface area contributed by atoms with E-state index >= 15 is 0 Å². The molecular weight excluding hydrogens is 338 g/mol. The number of aromatic nitrogens is 3. The average Bonchev–Trinajstić information content (AvgIpc) is 3.19. The molecule has 2 fully saturated rings. The molecule has 142 valence electrons. The van der Waals surface area contributed by atoms with Gasteiger partial charge in [-0.25, -0.2) is 9.97 Å². The van der Waals surface area contributed by atoms with Crippen LogP contribution in [0.1, 0.15) is 42.8 Å². The van der Waals surface area contributed by atoms with E-state index in [1.165, 1.54) is 0 Å². The molecular formula is C21H27N5O. The third-order valence-corrected chi connectivity index (χ3v) is 5.92. The summed E-state index contributed by atoms with van der Waals surface area (Å²) in [7, 11) is 0. The Balaban J connectivity index is 1.49. The molecule has 0 unspecified atom stereocenters. The summed E-state index contributed by atoms with van der Waals surface area (Å²) in [6, 6.07) is 6.04. The largest absolute Gasteiger partial charge is 0.353 e. The fourth-order valence-corrected chi connectivity index (χ4v) is 4.55. The summed E-state index contributed by atoms with van der Waals surface area (Å²) in [5.74, 6) is 2.04. The number of hydrogen-bond donors (Lipinski definition) is 0. The normalized spacial score (nSPS) is 19.3. The molecule has 6 nitrogen and oxygen atoms in total. The van der Waals surface area contributed by atoms with Gasteiger partial charge in [0.05, 0.1) is 5.41 Å². The van der Waals surface area contributed by atoms with Crippen LogP contribution in [-0.2, 0) is 10.2 Å². The smallest absolute Gasteiger partial charge is 0.233 e. The summed E-state index contributed by atoms with van der Waals surface area (Å²) in [5, 5.41) is 0. The van der Waals surface area contributed by atoms with Gasteiger partial charge in [-0.1, -0.05) is 18.9 Å². The Hall–Kier alpha value is -2.50. The van der Waals surface area contributed by atoms with Crippen molar-refractivity contribution in [2.45, 2.75) is 44.9 Å². The lowest BCUT2D eigenvalue weighted by molar-refractivity contribution is -0.137. The first-order valence-electron chi connectivity index (χ1n) is 9.86. The van der Waals surface area contributed by atoms with E-state index in [-0.39, 0.29) is 11.3 Å². The monoisotopic (exact) mass is 365 g/mol. The van der Waals surface area contributed by atoms with Gasteiger partial charge in [0.15, 0.2) is 0 Å². The highest BCUT2D eigenvalue weighted by Gasteiger charge is 2.45. The number of anilines is 1. The first-order valence-corrected chi connectivity index (χ1v) is 9.86. The summed E-state index contributed by atoms with van der Waals surface area (Å²) in [6.45, 7) is 7.02. The van der Waals surface area contributed by atoms with E-state index in [1.54, 1.807) is 6.20 Å². The van der Waals surface area contributed by atoms with Gasteiger partial charge in [-0.2, -0.15) is 0 Å². The molecule has 2 aliphatic rings. The molecule has 1 aliphatic carbocycles. The van der Waals surface area contributed by atoms with Gasteiger partial charge in [0.25, 0.3) is 0 Å². The molecule has 0 atom stereocenters. The predicted molar refractivity (Wildman–Crippen MR) is 105 cm³/mol. The minimum atomic E-state index is -0.376. The van der Waals surface area contributed by atoms with Crippen LogP contribution < -0.4 is 4.90 Å². The highest BCUT2D eigenvalue weighted by molar-refractivity contribution is 5.88. The van der Waals surface area contributed by atoms with Crippen molar-refractivity contribution in [3.8, 4) is 0 Å². The Bertz CT molecular complexity index is 788. The Morgan fingerprint density at radius 3 is 2.44 bits per heavy atom. The molecule has 0 aromatic carbocycles. The SMILES string of the molecule is Cc1cc(N2CCN(C(=O)C3(c4cccnc4)CCCC3)CC2)nc(C)n1. The molecule has 2 aromatic rings. The van der Waals surface area contributed by atoms with Gasteiger partial charge >= 0.3 is 0 Å². The lowest BCUT2D eigenvalue weighted by atomic mass is 9.78. The lowest BCUT2D eigenvalue weighted by Crippen LogP contribution is -2.54. The summed E-state index contributed by atoms with van der Waals surface area (Å²) in [5.41, 5.74) is 1.69. The zero-order chi connectivity index (χ0) is 18.9. The maximum Gasteiger partial charge on any atom is 0.233 e. The zero-order valence-corrected chi connectivity index (χ0v) is 16.2. The van der Waals surface area contributed by atoms with Gasteiger partial charge < -0.3 is 9.80 Å². The molecule has 3 heterocycles. The van der Waals surface area contributed by atoms with Gasteiger partial charge in [0.2, 0.25) is 5.91 Å². The second-order valence-electron chi connectivity index (χ2n) is 7.72. The molecule has 6 heteroatoms. The molecule has 0 radical (unpaired) electrons. The van der Waals surface area contributed by atoms with E-state index in [0.29, 0.717) is 0 Å². The highest BCUT2D eigenvalue weighted by atomic mass is 16.2. The van der Waals surface area contributed by atoms with Gasteiger partial charge in [-0.05, 0) is 38.3 Å². The maximum atomic E-state index is 13.5. The van der Waals surface area contributed by atoms with Crippen LogP contribution in [0.2, 0.25) is 0 Å². The van der Waals surface area contributed by atoms with Gasteiger partial charge in [0, 0.05) is 50.3 Å². The lowest BCUT2D eigenvalue weighted by Gasteiger charge is -2.40. The molecule has 0 spiro atoms. The zero-order valence-electron chi connectivity index (χ0n) is 16.2. The summed E-state index contributed by atoms with van der Waals surface area (Å²) < 4.78 is 0. The van der Waals surface area contributed by atoms with Crippen molar-refractivity contribution in [3.63, 3.8) is 0 Å². The number of amides is 1. The molecule has 27 heavy (non-hydrogen) atoms. The molecule has 0 N–H and O–H groups in total. The van der Waals surface area contributed by atoms with Crippen molar-refractivity contribution < 1.29 is 4.79 Å². The van der Waals surface area contributed by atoms with Crippen molar-refractivity contribution in [2.24, 2.45) is 0 Å². The fraction of sp³-hybridized carbons (Fsp3) is 0.524. The second-order valence-corrected chi connectivity index (χ2v) is 7.72. The van der Waals surface area contributed by atoms with E-state index in [1.807, 2.05) is 32.2 Å². The number of carbonyl (C=O) groups is 1. The molecule has 0 bridgehead atoms. The molecule has 1 amide bonds. The third-order valence-electron chi connectivity index (χ3n) is 5.92. The van der Waals surface area contributed by atoms with Crippen molar-refractivity contribution in [1.82, 2.24) is 19.9 Å². The second kappa shape index (κ2) is 7.25. The number of aryl methyl sites for hydroxylation is 2. The Kier molecular flexibility index (Phi) is 4.81. The number of piperazine rings is 1. The van der Waals surface area contributed by atoms with Crippen molar-refractivity contribution in [1.29, 1.82) is 0 Å². The fourth-order valence-electron chi connectivity index (χ4n) is 4.55. The summed E-state index contributed by atoms with van der Waals surface area (Å²) in [6.07, 6.45) is 7.75. The Labute approximate surface area is 160 Å². The first-order chi connectivity index (χ1) is 13.1. The maximum absolute atomic E-state index is 13.5. The molecule has 2 aromatic heterocycles. The van der Waals surface area contributed by atoms with Crippen LogP contribution in [0.3, 0.4) is 0 Å². The van der Waals surface area contributed by atoms with E-state index in [4.69, 9.17) is 0 Å². The van der Waals surface area contributed by atoms with Crippen LogP contribution >= 0.6 is 0 Å². The van der Waals surface area contributed by atoms with Gasteiger partial charge in [-0.15, -0.1) is 0 Å². The minimum Gasteiger partial charge on any atom is -0.353 e. The van der Waals surface area contributed by atoms with Crippen molar-refractivity contribution in [3.05, 3.63) is 47.7 Å². The third kappa shape index (κ3) is 3.40. The standard InChI is InChI=1S/C21H27N5O/c1-16-14-19(24-17(2)23-16)25-10-12-26(13-11-25)20(27)21(7-3-4-8-21)18-6-5-9-22-15-18/h5-6,9,14-15H,3-4,7-8,10-13H2,1-2H3. The summed E-state index contributed by atoms with van der Waals surface area (Å²) in [4.78, 5) is 31.0. The van der Waals surface area contributed by atoms with Crippen LogP contribution in [0.25, 0.3) is 0 Å². The Morgan fingerprint density at radius 1 is 1.07 bits per heavy atom. The van der Waals surface area contributed by atoms with E-state index < -0.39 is 0 Å². The highest BCUT2D eigenvalue weighted by Crippen LogP contribution is 2.42. The molecule has 1 saturated heterocycles. The number of hydrogen-bond acceptors (Lipinski definition) is 5. The number of nitrogens with zero attached hydrogens (tertiary/aromatic N) is 5. The number of pyridine rings is 1. The van der Waals surface area contributed by atoms with Gasteiger partial charge in [-0.3, -0.25) is 9.78 Å². The number of carbonyl (C=O) groups excluding carboxylic acids is 1. The van der Waals surface area contributed by atoms with Crippen molar-refractivity contribution >= 4 is 11.7 Å². The quantitative estimate of drug-likeness (QED) is 0.837. The van der Waals surface area contributed by atoms with Crippen LogP contribution in [0, 0.1) is 13.8 Å². The van der Waals surface area contributed by atoms with Crippen LogP contribution in [0.15, 0.2) is 30.6 Å². The first kappa shape index (κ1) is 17.9. The number of rotatable bonds is 3. The van der Waals surface area contributed by atoms with Crippen LogP contribution in [-0.4, -0.2) is 51.9 Å². The van der Waals surface area contributed by atoms with E-state index in [2.05, 4.69) is 30.8 Å². The topological polar surface area (TPSA) is 62.2 Å². The molecule has 1 saturated carbocycles. The Morgan fingerprint density at radius 2 is 1.81 bits per heavy atom. The minimum absolute atomic E-state index is 0.280. The van der Waals surface area contributed by atoms with Gasteiger partial charge in [0.1, 0.15) is 11.6 Å². The molecule has 4 rings (SSSR count). The van der Waals surface area contributed by atoms with E-state index in [0.717, 1.165) is 74.8 Å². The van der Waals surface area contributed by atoms with Crippen LogP contribution in [0.5, 0.6) is 0 Å². The molecule has 1 aliphatic heterocycles.